The van der Waals surface area contributed by atoms with Gasteiger partial charge in [-0.05, 0) is 36.8 Å². The molecule has 0 fully saturated rings. The third-order valence-corrected chi connectivity index (χ3v) is 2.89. The summed E-state index contributed by atoms with van der Waals surface area (Å²) in [6.45, 7) is 1.86. The van der Waals surface area contributed by atoms with Crippen LogP contribution in [0.3, 0.4) is 0 Å². The number of aromatic nitrogens is 1. The van der Waals surface area contributed by atoms with Crippen molar-refractivity contribution in [2.45, 2.75) is 13.0 Å². The molecule has 102 valence electrons. The van der Waals surface area contributed by atoms with E-state index < -0.39 is 4.92 Å². The molecule has 0 aliphatic rings. The summed E-state index contributed by atoms with van der Waals surface area (Å²) in [5.74, 6) is -0.274. The highest BCUT2D eigenvalue weighted by Crippen LogP contribution is 2.14. The van der Waals surface area contributed by atoms with E-state index in [2.05, 4.69) is 10.3 Å². The summed E-state index contributed by atoms with van der Waals surface area (Å²) in [6, 6.07) is 8.97. The van der Waals surface area contributed by atoms with Gasteiger partial charge in [0.15, 0.2) is 0 Å². The standard InChI is InChI=1S/C14H13N3O3/c1-10(11-6-8-15-9-7-11)16-14(18)12-2-4-13(5-3-12)17(19)20/h2-10H,1H3,(H,16,18)/t10-/m0/s1. The first-order valence-electron chi connectivity index (χ1n) is 6.03. The summed E-state index contributed by atoms with van der Waals surface area (Å²) in [5, 5.41) is 13.4. The van der Waals surface area contributed by atoms with Gasteiger partial charge < -0.3 is 5.32 Å². The number of nitro benzene ring substituents is 1. The van der Waals surface area contributed by atoms with Gasteiger partial charge in [0.2, 0.25) is 0 Å². The number of amides is 1. The molecule has 0 saturated carbocycles. The van der Waals surface area contributed by atoms with Crippen LogP contribution in [0, 0.1) is 10.1 Å². The fraction of sp³-hybridized carbons (Fsp3) is 0.143. The average molecular weight is 271 g/mol. The van der Waals surface area contributed by atoms with E-state index in [1.54, 1.807) is 12.4 Å². The zero-order chi connectivity index (χ0) is 14.5. The number of rotatable bonds is 4. The predicted molar refractivity (Wildman–Crippen MR) is 73.2 cm³/mol. The Hall–Kier alpha value is -2.76. The molecule has 6 nitrogen and oxygen atoms in total. The fourth-order valence-corrected chi connectivity index (χ4v) is 1.75. The number of hydrogen-bond donors (Lipinski definition) is 1. The molecule has 0 bridgehead atoms. The van der Waals surface area contributed by atoms with Gasteiger partial charge in [-0.1, -0.05) is 0 Å². The molecule has 1 amide bonds. The SMILES string of the molecule is C[C@H](NC(=O)c1ccc([N+](=O)[O-])cc1)c1ccncc1. The normalized spacial score (nSPS) is 11.7. The third kappa shape index (κ3) is 3.17. The Balaban J connectivity index is 2.06. The summed E-state index contributed by atoms with van der Waals surface area (Å²) in [6.07, 6.45) is 3.31. The Bertz CT molecular complexity index is 611. The van der Waals surface area contributed by atoms with Crippen LogP contribution in [0.25, 0.3) is 0 Å². The molecule has 6 heteroatoms. The van der Waals surface area contributed by atoms with Crippen LogP contribution in [0.5, 0.6) is 0 Å². The lowest BCUT2D eigenvalue weighted by Crippen LogP contribution is -2.26. The minimum Gasteiger partial charge on any atom is -0.346 e. The lowest BCUT2D eigenvalue weighted by Gasteiger charge is -2.13. The molecule has 0 spiro atoms. The average Bonchev–Trinajstić information content (AvgIpc) is 2.48. The highest BCUT2D eigenvalue weighted by atomic mass is 16.6. The van der Waals surface area contributed by atoms with E-state index in [1.165, 1.54) is 24.3 Å². The molecule has 20 heavy (non-hydrogen) atoms. The van der Waals surface area contributed by atoms with E-state index in [1.807, 2.05) is 19.1 Å². The van der Waals surface area contributed by atoms with Gasteiger partial charge in [-0.15, -0.1) is 0 Å². The maximum atomic E-state index is 12.0. The molecule has 2 rings (SSSR count). The largest absolute Gasteiger partial charge is 0.346 e. The van der Waals surface area contributed by atoms with Crippen molar-refractivity contribution in [2.75, 3.05) is 0 Å². The maximum absolute atomic E-state index is 12.0. The Morgan fingerprint density at radius 3 is 2.35 bits per heavy atom. The summed E-state index contributed by atoms with van der Waals surface area (Å²) in [7, 11) is 0. The van der Waals surface area contributed by atoms with E-state index in [-0.39, 0.29) is 17.6 Å². The summed E-state index contributed by atoms with van der Waals surface area (Å²) >= 11 is 0. The van der Waals surface area contributed by atoms with Crippen LogP contribution in [-0.4, -0.2) is 15.8 Å². The Labute approximate surface area is 115 Å². The van der Waals surface area contributed by atoms with E-state index in [9.17, 15) is 14.9 Å². The van der Waals surface area contributed by atoms with Crippen LogP contribution < -0.4 is 5.32 Å². The number of nitro groups is 1. The second-order valence-corrected chi connectivity index (χ2v) is 4.28. The monoisotopic (exact) mass is 271 g/mol. The molecule has 1 aromatic heterocycles. The van der Waals surface area contributed by atoms with Crippen LogP contribution in [0.15, 0.2) is 48.8 Å². The lowest BCUT2D eigenvalue weighted by molar-refractivity contribution is -0.384. The third-order valence-electron chi connectivity index (χ3n) is 2.89. The topological polar surface area (TPSA) is 85.1 Å². The molecule has 0 saturated heterocycles. The van der Waals surface area contributed by atoms with E-state index >= 15 is 0 Å². The molecule has 0 radical (unpaired) electrons. The molecule has 1 atom stereocenters. The van der Waals surface area contributed by atoms with Gasteiger partial charge in [-0.25, -0.2) is 0 Å². The first kappa shape index (κ1) is 13.7. The van der Waals surface area contributed by atoms with Crippen LogP contribution in [0.1, 0.15) is 28.9 Å². The second kappa shape index (κ2) is 5.92. The van der Waals surface area contributed by atoms with Crippen molar-refractivity contribution in [1.29, 1.82) is 0 Å². The van der Waals surface area contributed by atoms with Gasteiger partial charge in [-0.3, -0.25) is 19.9 Å². The van der Waals surface area contributed by atoms with Gasteiger partial charge >= 0.3 is 0 Å². The van der Waals surface area contributed by atoms with Crippen molar-refractivity contribution in [2.24, 2.45) is 0 Å². The highest BCUT2D eigenvalue weighted by Gasteiger charge is 2.12. The maximum Gasteiger partial charge on any atom is 0.269 e. The molecule has 1 aromatic carbocycles. The van der Waals surface area contributed by atoms with Crippen LogP contribution in [0.4, 0.5) is 5.69 Å². The van der Waals surface area contributed by atoms with Gasteiger partial charge in [0.25, 0.3) is 11.6 Å². The Kier molecular flexibility index (Phi) is 4.05. The van der Waals surface area contributed by atoms with Crippen molar-refractivity contribution in [3.63, 3.8) is 0 Å². The molecule has 0 aliphatic carbocycles. The van der Waals surface area contributed by atoms with E-state index in [4.69, 9.17) is 0 Å². The van der Waals surface area contributed by atoms with Crippen molar-refractivity contribution < 1.29 is 9.72 Å². The number of nitrogens with one attached hydrogen (secondary N) is 1. The first-order chi connectivity index (χ1) is 9.58. The number of non-ortho nitro benzene ring substituents is 1. The van der Waals surface area contributed by atoms with Gasteiger partial charge in [0.1, 0.15) is 0 Å². The fourth-order valence-electron chi connectivity index (χ4n) is 1.75. The van der Waals surface area contributed by atoms with Gasteiger partial charge in [0.05, 0.1) is 11.0 Å². The highest BCUT2D eigenvalue weighted by molar-refractivity contribution is 5.94. The number of hydrogen-bond acceptors (Lipinski definition) is 4. The zero-order valence-electron chi connectivity index (χ0n) is 10.8. The molecule has 2 aromatic rings. The van der Waals surface area contributed by atoms with E-state index in [0.717, 1.165) is 5.56 Å². The molecule has 0 unspecified atom stereocenters. The minimum absolute atomic E-state index is 0.0382. The molecule has 0 aliphatic heterocycles. The Morgan fingerprint density at radius 1 is 1.20 bits per heavy atom. The summed E-state index contributed by atoms with van der Waals surface area (Å²) in [4.78, 5) is 26.0. The van der Waals surface area contributed by atoms with Crippen LogP contribution in [0.2, 0.25) is 0 Å². The number of nitrogens with zero attached hydrogens (tertiary/aromatic N) is 2. The molecular formula is C14H13N3O3. The number of benzene rings is 1. The summed E-state index contributed by atoms with van der Waals surface area (Å²) in [5.41, 5.74) is 1.29. The van der Waals surface area contributed by atoms with Crippen molar-refractivity contribution >= 4 is 11.6 Å². The Morgan fingerprint density at radius 2 is 1.80 bits per heavy atom. The molecule has 1 heterocycles. The van der Waals surface area contributed by atoms with Crippen LogP contribution >= 0.6 is 0 Å². The molecular weight excluding hydrogens is 258 g/mol. The zero-order valence-corrected chi connectivity index (χ0v) is 10.8. The predicted octanol–water partition coefficient (Wildman–Crippen LogP) is 2.48. The van der Waals surface area contributed by atoms with Gasteiger partial charge in [-0.2, -0.15) is 0 Å². The van der Waals surface area contributed by atoms with Crippen molar-refractivity contribution in [3.05, 3.63) is 70.0 Å². The van der Waals surface area contributed by atoms with E-state index in [0.29, 0.717) is 5.56 Å². The number of pyridine rings is 1. The quantitative estimate of drug-likeness (QED) is 0.683. The van der Waals surface area contributed by atoms with Crippen molar-refractivity contribution in [1.82, 2.24) is 10.3 Å². The summed E-state index contributed by atoms with van der Waals surface area (Å²) < 4.78 is 0. The van der Waals surface area contributed by atoms with Gasteiger partial charge in [0, 0.05) is 30.1 Å². The smallest absolute Gasteiger partial charge is 0.269 e. The number of carbonyl (C=O) groups is 1. The lowest BCUT2D eigenvalue weighted by atomic mass is 10.1. The minimum atomic E-state index is -0.499. The van der Waals surface area contributed by atoms with Crippen LogP contribution in [-0.2, 0) is 0 Å². The molecule has 1 N–H and O–H groups in total. The second-order valence-electron chi connectivity index (χ2n) is 4.28. The van der Waals surface area contributed by atoms with Crippen molar-refractivity contribution in [3.8, 4) is 0 Å². The number of carbonyl (C=O) groups excluding carboxylic acids is 1. The first-order valence-corrected chi connectivity index (χ1v) is 6.03.